The molecule has 146 valence electrons. The summed E-state index contributed by atoms with van der Waals surface area (Å²) in [4.78, 5) is 23.3. The summed E-state index contributed by atoms with van der Waals surface area (Å²) in [5.74, 6) is 1.72. The Kier molecular flexibility index (Phi) is 5.07. The van der Waals surface area contributed by atoms with Crippen molar-refractivity contribution in [1.82, 2.24) is 19.9 Å². The Balaban J connectivity index is 1.46. The SMILES string of the molecule is Cc1nc(C)c(CC(=O)N2C[C@@H]3CC[C@H]2CN(Cc2c(C)noc2C)C3)s1. The highest BCUT2D eigenvalue weighted by Crippen LogP contribution is 2.30. The van der Waals surface area contributed by atoms with Crippen molar-refractivity contribution in [2.24, 2.45) is 5.92 Å². The molecule has 0 N–H and O–H groups in total. The Bertz CT molecular complexity index is 824. The fraction of sp³-hybridized carbons (Fsp3) is 0.650. The maximum absolute atomic E-state index is 13.1. The first-order valence-electron chi connectivity index (χ1n) is 9.77. The lowest BCUT2D eigenvalue weighted by molar-refractivity contribution is -0.134. The molecule has 0 saturated carbocycles. The fourth-order valence-electron chi connectivity index (χ4n) is 4.54. The largest absolute Gasteiger partial charge is 0.361 e. The monoisotopic (exact) mass is 388 g/mol. The van der Waals surface area contributed by atoms with Crippen LogP contribution in [0.2, 0.25) is 0 Å². The van der Waals surface area contributed by atoms with Crippen molar-refractivity contribution in [2.45, 2.75) is 59.5 Å². The molecule has 1 amide bonds. The van der Waals surface area contributed by atoms with Gasteiger partial charge < -0.3 is 9.42 Å². The minimum absolute atomic E-state index is 0.260. The first-order chi connectivity index (χ1) is 12.9. The van der Waals surface area contributed by atoms with Crippen molar-refractivity contribution in [3.8, 4) is 0 Å². The van der Waals surface area contributed by atoms with Crippen LogP contribution in [-0.4, -0.2) is 51.5 Å². The highest BCUT2D eigenvalue weighted by molar-refractivity contribution is 7.11. The van der Waals surface area contributed by atoms with Crippen LogP contribution in [-0.2, 0) is 17.8 Å². The van der Waals surface area contributed by atoms with Gasteiger partial charge in [0.2, 0.25) is 5.91 Å². The van der Waals surface area contributed by atoms with Crippen LogP contribution in [0.5, 0.6) is 0 Å². The summed E-state index contributed by atoms with van der Waals surface area (Å²) in [5, 5.41) is 5.13. The Morgan fingerprint density at radius 3 is 2.63 bits per heavy atom. The van der Waals surface area contributed by atoms with Gasteiger partial charge in [0.25, 0.3) is 0 Å². The van der Waals surface area contributed by atoms with Crippen LogP contribution in [0.3, 0.4) is 0 Å². The minimum atomic E-state index is 0.260. The lowest BCUT2D eigenvalue weighted by atomic mass is 9.94. The number of fused-ring (bicyclic) bond motifs is 4. The Hall–Kier alpha value is -1.73. The summed E-state index contributed by atoms with van der Waals surface area (Å²) in [6.45, 7) is 11.7. The van der Waals surface area contributed by atoms with Gasteiger partial charge in [0.1, 0.15) is 5.76 Å². The molecule has 3 saturated heterocycles. The van der Waals surface area contributed by atoms with E-state index >= 15 is 0 Å². The zero-order valence-electron chi connectivity index (χ0n) is 16.6. The molecule has 6 nitrogen and oxygen atoms in total. The van der Waals surface area contributed by atoms with Crippen LogP contribution in [0, 0.1) is 33.6 Å². The number of rotatable bonds is 4. The Morgan fingerprint density at radius 1 is 1.15 bits per heavy atom. The molecular formula is C20H28N4O2S. The van der Waals surface area contributed by atoms with Crippen molar-refractivity contribution in [1.29, 1.82) is 0 Å². The normalized spacial score (nSPS) is 23.0. The molecule has 3 aliphatic rings. The molecule has 0 aromatic carbocycles. The third-order valence-electron chi connectivity index (χ3n) is 5.98. The Morgan fingerprint density at radius 2 is 1.96 bits per heavy atom. The molecule has 3 aliphatic heterocycles. The molecule has 2 bridgehead atoms. The van der Waals surface area contributed by atoms with Crippen molar-refractivity contribution >= 4 is 17.2 Å². The zero-order chi connectivity index (χ0) is 19.1. The van der Waals surface area contributed by atoms with E-state index in [1.54, 1.807) is 11.3 Å². The Labute approximate surface area is 164 Å². The lowest BCUT2D eigenvalue weighted by Gasteiger charge is -2.36. The molecule has 5 rings (SSSR count). The molecule has 0 radical (unpaired) electrons. The van der Waals surface area contributed by atoms with Crippen LogP contribution in [0.1, 0.15) is 45.4 Å². The predicted molar refractivity (Wildman–Crippen MR) is 105 cm³/mol. The van der Waals surface area contributed by atoms with Crippen LogP contribution >= 0.6 is 11.3 Å². The topological polar surface area (TPSA) is 62.5 Å². The third kappa shape index (κ3) is 3.80. The molecular weight excluding hydrogens is 360 g/mol. The van der Waals surface area contributed by atoms with Crippen LogP contribution in [0.15, 0.2) is 4.52 Å². The zero-order valence-corrected chi connectivity index (χ0v) is 17.4. The van der Waals surface area contributed by atoms with E-state index in [1.807, 2.05) is 27.7 Å². The molecule has 2 atom stereocenters. The molecule has 0 aliphatic carbocycles. The number of thiazole rings is 1. The number of amides is 1. The quantitative estimate of drug-likeness (QED) is 0.806. The molecule has 0 spiro atoms. The highest BCUT2D eigenvalue weighted by Gasteiger charge is 2.37. The van der Waals surface area contributed by atoms with Crippen molar-refractivity contribution in [3.05, 3.63) is 32.6 Å². The van der Waals surface area contributed by atoms with Gasteiger partial charge in [0.15, 0.2) is 0 Å². The molecule has 3 fully saturated rings. The smallest absolute Gasteiger partial charge is 0.228 e. The van der Waals surface area contributed by atoms with E-state index in [0.29, 0.717) is 18.4 Å². The maximum Gasteiger partial charge on any atom is 0.228 e. The van der Waals surface area contributed by atoms with Gasteiger partial charge in [-0.2, -0.15) is 0 Å². The lowest BCUT2D eigenvalue weighted by Crippen LogP contribution is -2.48. The van der Waals surface area contributed by atoms with Gasteiger partial charge >= 0.3 is 0 Å². The third-order valence-corrected chi connectivity index (χ3v) is 7.06. The summed E-state index contributed by atoms with van der Waals surface area (Å²) in [5.41, 5.74) is 3.18. The van der Waals surface area contributed by atoms with Gasteiger partial charge in [-0.1, -0.05) is 5.16 Å². The van der Waals surface area contributed by atoms with E-state index in [1.165, 1.54) is 12.0 Å². The summed E-state index contributed by atoms with van der Waals surface area (Å²) in [7, 11) is 0. The van der Waals surface area contributed by atoms with Crippen LogP contribution < -0.4 is 0 Å². The number of piperidine rings is 1. The number of aromatic nitrogens is 2. The molecule has 27 heavy (non-hydrogen) atoms. The number of aryl methyl sites for hydroxylation is 4. The van der Waals surface area contributed by atoms with Gasteiger partial charge in [0.05, 0.1) is 22.8 Å². The van der Waals surface area contributed by atoms with Gasteiger partial charge in [-0.3, -0.25) is 9.69 Å². The summed E-state index contributed by atoms with van der Waals surface area (Å²) in [6.07, 6.45) is 2.81. The first kappa shape index (κ1) is 18.6. The van der Waals surface area contributed by atoms with E-state index in [-0.39, 0.29) is 5.91 Å². The number of carbonyl (C=O) groups is 1. The maximum atomic E-state index is 13.1. The van der Waals surface area contributed by atoms with Crippen molar-refractivity contribution in [3.63, 3.8) is 0 Å². The second kappa shape index (κ2) is 7.36. The number of hydrogen-bond donors (Lipinski definition) is 0. The standard InChI is InChI=1S/C20H28N4O2S/c1-12-18(14(3)26-22-12)11-23-8-16-5-6-17(10-23)24(9-16)20(25)7-19-13(2)21-15(4)27-19/h16-17H,5-11H2,1-4H3/t16-,17+/m1/s1. The summed E-state index contributed by atoms with van der Waals surface area (Å²) in [6, 6.07) is 0.311. The molecule has 0 unspecified atom stereocenters. The number of nitrogens with zero attached hydrogens (tertiary/aromatic N) is 4. The number of hydrogen-bond acceptors (Lipinski definition) is 6. The first-order valence-corrected chi connectivity index (χ1v) is 10.6. The van der Waals surface area contributed by atoms with E-state index in [4.69, 9.17) is 4.52 Å². The van der Waals surface area contributed by atoms with Crippen molar-refractivity contribution < 1.29 is 9.32 Å². The average Bonchev–Trinajstić information content (AvgIpc) is 2.96. The van der Waals surface area contributed by atoms with Gasteiger partial charge in [-0.25, -0.2) is 4.98 Å². The van der Waals surface area contributed by atoms with Crippen molar-refractivity contribution in [2.75, 3.05) is 19.6 Å². The fourth-order valence-corrected chi connectivity index (χ4v) is 5.47. The second-order valence-electron chi connectivity index (χ2n) is 8.06. The van der Waals surface area contributed by atoms with E-state index in [2.05, 4.69) is 19.9 Å². The van der Waals surface area contributed by atoms with E-state index in [0.717, 1.165) is 59.6 Å². The molecule has 2 aromatic rings. The van der Waals surface area contributed by atoms with Crippen LogP contribution in [0.25, 0.3) is 0 Å². The average molecular weight is 389 g/mol. The van der Waals surface area contributed by atoms with Gasteiger partial charge in [0, 0.05) is 42.7 Å². The van der Waals surface area contributed by atoms with Crippen LogP contribution in [0.4, 0.5) is 0 Å². The molecule has 7 heteroatoms. The van der Waals surface area contributed by atoms with Gasteiger partial charge in [-0.15, -0.1) is 11.3 Å². The highest BCUT2D eigenvalue weighted by atomic mass is 32.1. The number of carbonyl (C=O) groups excluding carboxylic acids is 1. The second-order valence-corrected chi connectivity index (χ2v) is 9.35. The summed E-state index contributed by atoms with van der Waals surface area (Å²) >= 11 is 1.65. The summed E-state index contributed by atoms with van der Waals surface area (Å²) < 4.78 is 5.33. The van der Waals surface area contributed by atoms with Gasteiger partial charge in [-0.05, 0) is 46.5 Å². The minimum Gasteiger partial charge on any atom is -0.361 e. The van der Waals surface area contributed by atoms with E-state index < -0.39 is 0 Å². The molecule has 2 aromatic heterocycles. The van der Waals surface area contributed by atoms with E-state index in [9.17, 15) is 4.79 Å². The predicted octanol–water partition coefficient (Wildman–Crippen LogP) is 3.03. The molecule has 5 heterocycles.